The zero-order chi connectivity index (χ0) is 12.1. The van der Waals surface area contributed by atoms with E-state index in [-0.39, 0.29) is 5.91 Å². The smallest absolute Gasteiger partial charge is 0.252 e. The van der Waals surface area contributed by atoms with Crippen LogP contribution in [0.5, 0.6) is 0 Å². The standard InChI is InChI=1S/C11H14BrClN2O/c1-15(2)6-5-14-11(16)9-7-8(13)3-4-10(9)12/h3-4,7H,5-6H2,1-2H3,(H,14,16). The molecule has 0 radical (unpaired) electrons. The maximum absolute atomic E-state index is 11.8. The van der Waals surface area contributed by atoms with E-state index in [1.807, 2.05) is 19.0 Å². The predicted octanol–water partition coefficient (Wildman–Crippen LogP) is 2.39. The van der Waals surface area contributed by atoms with Gasteiger partial charge in [0, 0.05) is 22.6 Å². The zero-order valence-electron chi connectivity index (χ0n) is 9.26. The number of likely N-dealkylation sites (N-methyl/N-ethyl adjacent to an activating group) is 1. The molecule has 1 N–H and O–H groups in total. The minimum atomic E-state index is -0.115. The van der Waals surface area contributed by atoms with Crippen LogP contribution in [0.3, 0.4) is 0 Å². The highest BCUT2D eigenvalue weighted by atomic mass is 79.9. The Morgan fingerprint density at radius 2 is 2.19 bits per heavy atom. The average molecular weight is 306 g/mol. The molecule has 16 heavy (non-hydrogen) atoms. The summed E-state index contributed by atoms with van der Waals surface area (Å²) >= 11 is 9.16. The maximum Gasteiger partial charge on any atom is 0.252 e. The summed E-state index contributed by atoms with van der Waals surface area (Å²) in [7, 11) is 3.92. The van der Waals surface area contributed by atoms with Crippen molar-refractivity contribution in [3.8, 4) is 0 Å². The highest BCUT2D eigenvalue weighted by Crippen LogP contribution is 2.20. The van der Waals surface area contributed by atoms with Crippen LogP contribution in [-0.2, 0) is 0 Å². The van der Waals surface area contributed by atoms with Crippen molar-refractivity contribution >= 4 is 33.4 Å². The first-order chi connectivity index (χ1) is 7.50. The lowest BCUT2D eigenvalue weighted by Crippen LogP contribution is -2.31. The van der Waals surface area contributed by atoms with E-state index in [4.69, 9.17) is 11.6 Å². The molecule has 0 saturated heterocycles. The molecule has 0 aliphatic carbocycles. The molecule has 0 aliphatic heterocycles. The molecule has 5 heteroatoms. The van der Waals surface area contributed by atoms with Gasteiger partial charge in [-0.15, -0.1) is 0 Å². The third-order valence-corrected chi connectivity index (χ3v) is 2.94. The average Bonchev–Trinajstić information content (AvgIpc) is 2.21. The van der Waals surface area contributed by atoms with Gasteiger partial charge in [0.2, 0.25) is 0 Å². The van der Waals surface area contributed by atoms with Crippen LogP contribution in [0.1, 0.15) is 10.4 Å². The van der Waals surface area contributed by atoms with E-state index in [0.717, 1.165) is 11.0 Å². The first-order valence-electron chi connectivity index (χ1n) is 4.88. The Morgan fingerprint density at radius 1 is 1.50 bits per heavy atom. The lowest BCUT2D eigenvalue weighted by atomic mass is 10.2. The van der Waals surface area contributed by atoms with Gasteiger partial charge >= 0.3 is 0 Å². The fourth-order valence-electron chi connectivity index (χ4n) is 1.16. The Balaban J connectivity index is 2.62. The van der Waals surface area contributed by atoms with Crippen molar-refractivity contribution in [2.75, 3.05) is 27.2 Å². The fraction of sp³-hybridized carbons (Fsp3) is 0.364. The maximum atomic E-state index is 11.8. The Labute approximate surface area is 109 Å². The van der Waals surface area contributed by atoms with Crippen molar-refractivity contribution in [3.63, 3.8) is 0 Å². The lowest BCUT2D eigenvalue weighted by Gasteiger charge is -2.11. The van der Waals surface area contributed by atoms with Crippen molar-refractivity contribution in [2.45, 2.75) is 0 Å². The molecule has 0 heterocycles. The van der Waals surface area contributed by atoms with Gasteiger partial charge in [0.15, 0.2) is 0 Å². The minimum Gasteiger partial charge on any atom is -0.351 e. The van der Waals surface area contributed by atoms with Crippen LogP contribution in [0, 0.1) is 0 Å². The molecule has 0 saturated carbocycles. The van der Waals surface area contributed by atoms with Crippen molar-refractivity contribution < 1.29 is 4.79 Å². The van der Waals surface area contributed by atoms with Gasteiger partial charge in [-0.05, 0) is 48.2 Å². The largest absolute Gasteiger partial charge is 0.351 e. The van der Waals surface area contributed by atoms with Crippen LogP contribution in [0.2, 0.25) is 5.02 Å². The van der Waals surface area contributed by atoms with Gasteiger partial charge in [0.05, 0.1) is 5.56 Å². The molecule has 0 bridgehead atoms. The van der Waals surface area contributed by atoms with Crippen molar-refractivity contribution in [3.05, 3.63) is 33.3 Å². The van der Waals surface area contributed by atoms with Gasteiger partial charge in [-0.3, -0.25) is 4.79 Å². The normalized spacial score (nSPS) is 10.6. The van der Waals surface area contributed by atoms with E-state index < -0.39 is 0 Å². The molecule has 0 atom stereocenters. The Morgan fingerprint density at radius 3 is 2.81 bits per heavy atom. The summed E-state index contributed by atoms with van der Waals surface area (Å²) in [5, 5.41) is 3.39. The van der Waals surface area contributed by atoms with E-state index >= 15 is 0 Å². The van der Waals surface area contributed by atoms with Crippen LogP contribution in [0.4, 0.5) is 0 Å². The monoisotopic (exact) mass is 304 g/mol. The molecule has 1 aromatic carbocycles. The highest BCUT2D eigenvalue weighted by Gasteiger charge is 2.09. The fourth-order valence-corrected chi connectivity index (χ4v) is 1.76. The number of nitrogens with one attached hydrogen (secondary N) is 1. The topological polar surface area (TPSA) is 32.3 Å². The van der Waals surface area contributed by atoms with Crippen LogP contribution in [0.15, 0.2) is 22.7 Å². The number of rotatable bonds is 4. The van der Waals surface area contributed by atoms with E-state index in [2.05, 4.69) is 21.2 Å². The van der Waals surface area contributed by atoms with Gasteiger partial charge < -0.3 is 10.2 Å². The van der Waals surface area contributed by atoms with Crippen molar-refractivity contribution in [2.24, 2.45) is 0 Å². The number of hydrogen-bond donors (Lipinski definition) is 1. The zero-order valence-corrected chi connectivity index (χ0v) is 11.6. The summed E-state index contributed by atoms with van der Waals surface area (Å²) in [4.78, 5) is 13.8. The number of benzene rings is 1. The Hall–Kier alpha value is -0.580. The minimum absolute atomic E-state index is 0.115. The number of halogens is 2. The molecule has 88 valence electrons. The molecule has 0 fully saturated rings. The van der Waals surface area contributed by atoms with Crippen LogP contribution in [0.25, 0.3) is 0 Å². The molecule has 1 rings (SSSR count). The van der Waals surface area contributed by atoms with E-state index in [0.29, 0.717) is 17.1 Å². The molecule has 0 aliphatic rings. The predicted molar refractivity (Wildman–Crippen MR) is 70.0 cm³/mol. The SMILES string of the molecule is CN(C)CCNC(=O)c1cc(Cl)ccc1Br. The molecule has 0 aromatic heterocycles. The molecular formula is C11H14BrClN2O. The molecular weight excluding hydrogens is 291 g/mol. The molecule has 0 spiro atoms. The van der Waals surface area contributed by atoms with Gasteiger partial charge in [-0.2, -0.15) is 0 Å². The number of amides is 1. The number of hydrogen-bond acceptors (Lipinski definition) is 2. The summed E-state index contributed by atoms with van der Waals surface area (Å²) in [6.07, 6.45) is 0. The second kappa shape index (κ2) is 6.23. The summed E-state index contributed by atoms with van der Waals surface area (Å²) in [5.74, 6) is -0.115. The first kappa shape index (κ1) is 13.5. The number of nitrogens with zero attached hydrogens (tertiary/aromatic N) is 1. The summed E-state index contributed by atoms with van der Waals surface area (Å²) in [6.45, 7) is 1.43. The van der Waals surface area contributed by atoms with Gasteiger partial charge in [-0.1, -0.05) is 11.6 Å². The second-order valence-corrected chi connectivity index (χ2v) is 4.97. The molecule has 0 unspecified atom stereocenters. The molecule has 1 aromatic rings. The van der Waals surface area contributed by atoms with Crippen molar-refractivity contribution in [1.82, 2.24) is 10.2 Å². The summed E-state index contributed by atoms with van der Waals surface area (Å²) in [6, 6.07) is 5.15. The molecule has 3 nitrogen and oxygen atoms in total. The second-order valence-electron chi connectivity index (χ2n) is 3.68. The van der Waals surface area contributed by atoms with Gasteiger partial charge in [-0.25, -0.2) is 0 Å². The summed E-state index contributed by atoms with van der Waals surface area (Å²) in [5.41, 5.74) is 0.561. The molecule has 1 amide bonds. The third kappa shape index (κ3) is 4.12. The van der Waals surface area contributed by atoms with Gasteiger partial charge in [0.25, 0.3) is 5.91 Å². The van der Waals surface area contributed by atoms with Crippen LogP contribution < -0.4 is 5.32 Å². The Bertz CT molecular complexity index is 382. The van der Waals surface area contributed by atoms with Crippen molar-refractivity contribution in [1.29, 1.82) is 0 Å². The highest BCUT2D eigenvalue weighted by molar-refractivity contribution is 9.10. The number of carbonyl (C=O) groups is 1. The van der Waals surface area contributed by atoms with Crippen LogP contribution >= 0.6 is 27.5 Å². The van der Waals surface area contributed by atoms with Crippen LogP contribution in [-0.4, -0.2) is 38.0 Å². The first-order valence-corrected chi connectivity index (χ1v) is 6.06. The van der Waals surface area contributed by atoms with E-state index in [1.54, 1.807) is 18.2 Å². The lowest BCUT2D eigenvalue weighted by molar-refractivity contribution is 0.0950. The third-order valence-electron chi connectivity index (χ3n) is 2.02. The van der Waals surface area contributed by atoms with E-state index in [1.165, 1.54) is 0 Å². The quantitative estimate of drug-likeness (QED) is 0.926. The van der Waals surface area contributed by atoms with E-state index in [9.17, 15) is 4.79 Å². The van der Waals surface area contributed by atoms with Gasteiger partial charge in [0.1, 0.15) is 0 Å². The summed E-state index contributed by atoms with van der Waals surface area (Å²) < 4.78 is 0.749. The number of carbonyl (C=O) groups excluding carboxylic acids is 1. The Kier molecular flexibility index (Phi) is 5.25.